The van der Waals surface area contributed by atoms with Crippen molar-refractivity contribution in [3.63, 3.8) is 0 Å². The molecule has 0 fully saturated rings. The minimum Gasteiger partial charge on any atom is -0.457 e. The smallest absolute Gasteiger partial charge is 0.127 e. The van der Waals surface area contributed by atoms with E-state index in [2.05, 4.69) is 6.07 Å². The highest BCUT2D eigenvalue weighted by molar-refractivity contribution is 5.52. The first kappa shape index (κ1) is 12.9. The van der Waals surface area contributed by atoms with Crippen LogP contribution in [-0.4, -0.2) is 5.11 Å². The average Bonchev–Trinajstić information content (AvgIpc) is 2.44. The minimum absolute atomic E-state index is 0.00840. The number of nitriles is 1. The number of aliphatic hydroxyl groups is 1. The van der Waals surface area contributed by atoms with Crippen LogP contribution < -0.4 is 10.5 Å². The Kier molecular flexibility index (Phi) is 4.01. The highest BCUT2D eigenvalue weighted by atomic mass is 16.5. The second kappa shape index (κ2) is 5.89. The number of hydrogen-bond donors (Lipinski definition) is 2. The predicted molar refractivity (Wildman–Crippen MR) is 72.6 cm³/mol. The van der Waals surface area contributed by atoms with Crippen molar-refractivity contribution in [1.82, 2.24) is 0 Å². The normalized spacial score (nSPS) is 9.89. The summed E-state index contributed by atoms with van der Waals surface area (Å²) in [5.41, 5.74) is 7.94. The highest BCUT2D eigenvalue weighted by Gasteiger charge is 2.03. The Morgan fingerprint density at radius 3 is 2.42 bits per heavy atom. The van der Waals surface area contributed by atoms with E-state index in [9.17, 15) is 0 Å². The van der Waals surface area contributed by atoms with Crippen LogP contribution >= 0.6 is 0 Å². The molecule has 0 aliphatic heterocycles. The molecule has 0 atom stereocenters. The monoisotopic (exact) mass is 254 g/mol. The Bertz CT molecular complexity index is 601. The molecule has 0 aliphatic rings. The van der Waals surface area contributed by atoms with Gasteiger partial charge in [-0.15, -0.1) is 0 Å². The van der Waals surface area contributed by atoms with Crippen LogP contribution in [-0.2, 0) is 13.0 Å². The van der Waals surface area contributed by atoms with E-state index in [1.165, 1.54) is 0 Å². The Morgan fingerprint density at radius 2 is 1.79 bits per heavy atom. The van der Waals surface area contributed by atoms with Gasteiger partial charge in [0.1, 0.15) is 11.5 Å². The van der Waals surface area contributed by atoms with Gasteiger partial charge < -0.3 is 15.6 Å². The van der Waals surface area contributed by atoms with E-state index >= 15 is 0 Å². The van der Waals surface area contributed by atoms with Crippen molar-refractivity contribution < 1.29 is 9.84 Å². The van der Waals surface area contributed by atoms with Gasteiger partial charge in [-0.05, 0) is 41.5 Å². The third-order valence-corrected chi connectivity index (χ3v) is 2.73. The number of benzene rings is 2. The molecule has 4 heteroatoms. The Balaban J connectivity index is 2.18. The van der Waals surface area contributed by atoms with E-state index in [1.54, 1.807) is 42.5 Å². The molecule has 2 aromatic carbocycles. The lowest BCUT2D eigenvalue weighted by Crippen LogP contribution is -1.94. The minimum atomic E-state index is 0.00840. The summed E-state index contributed by atoms with van der Waals surface area (Å²) in [4.78, 5) is 0. The van der Waals surface area contributed by atoms with Crippen LogP contribution in [0.1, 0.15) is 11.1 Å². The molecule has 0 bridgehead atoms. The summed E-state index contributed by atoms with van der Waals surface area (Å²) in [5, 5.41) is 17.7. The Morgan fingerprint density at radius 1 is 1.11 bits per heavy atom. The molecule has 19 heavy (non-hydrogen) atoms. The molecule has 2 aromatic rings. The molecule has 96 valence electrons. The van der Waals surface area contributed by atoms with Gasteiger partial charge in [0.05, 0.1) is 19.1 Å². The summed E-state index contributed by atoms with van der Waals surface area (Å²) < 4.78 is 5.67. The fourth-order valence-corrected chi connectivity index (χ4v) is 1.68. The second-order valence-electron chi connectivity index (χ2n) is 4.10. The molecule has 0 radical (unpaired) electrons. The number of nitrogens with two attached hydrogens (primary N) is 1. The SMILES string of the molecule is N#CCc1cc(Oc2ccc(CO)cc2)ccc1N. The summed E-state index contributed by atoms with van der Waals surface area (Å²) in [7, 11) is 0. The van der Waals surface area contributed by atoms with Crippen molar-refractivity contribution in [3.8, 4) is 17.6 Å². The fourth-order valence-electron chi connectivity index (χ4n) is 1.68. The summed E-state index contributed by atoms with van der Waals surface area (Å²) in [6, 6.07) is 14.5. The van der Waals surface area contributed by atoms with E-state index in [0.29, 0.717) is 17.2 Å². The lowest BCUT2D eigenvalue weighted by atomic mass is 10.1. The molecule has 0 spiro atoms. The van der Waals surface area contributed by atoms with Gasteiger partial charge in [0.2, 0.25) is 0 Å². The van der Waals surface area contributed by atoms with E-state index in [-0.39, 0.29) is 13.0 Å². The van der Waals surface area contributed by atoms with Crippen molar-refractivity contribution in [1.29, 1.82) is 5.26 Å². The zero-order valence-corrected chi connectivity index (χ0v) is 10.3. The number of rotatable bonds is 4. The first-order valence-corrected chi connectivity index (χ1v) is 5.86. The molecule has 2 rings (SSSR count). The maximum atomic E-state index is 8.96. The summed E-state index contributed by atoms with van der Waals surface area (Å²) >= 11 is 0. The summed E-state index contributed by atoms with van der Waals surface area (Å²) in [6.45, 7) is 0.00840. The van der Waals surface area contributed by atoms with Crippen molar-refractivity contribution >= 4 is 5.69 Å². The lowest BCUT2D eigenvalue weighted by Gasteiger charge is -2.09. The van der Waals surface area contributed by atoms with Crippen LogP contribution in [0.5, 0.6) is 11.5 Å². The molecular formula is C15H14N2O2. The summed E-state index contributed by atoms with van der Waals surface area (Å²) in [6.07, 6.45) is 0.256. The number of nitrogens with zero attached hydrogens (tertiary/aromatic N) is 1. The van der Waals surface area contributed by atoms with Gasteiger partial charge in [-0.1, -0.05) is 12.1 Å². The third kappa shape index (κ3) is 3.24. The molecule has 3 N–H and O–H groups in total. The number of aliphatic hydroxyl groups excluding tert-OH is 1. The molecule has 4 nitrogen and oxygen atoms in total. The van der Waals surface area contributed by atoms with E-state index in [4.69, 9.17) is 20.8 Å². The zero-order valence-electron chi connectivity index (χ0n) is 10.3. The standard InChI is InChI=1S/C15H14N2O2/c16-8-7-12-9-14(5-6-15(12)17)19-13-3-1-11(10-18)2-4-13/h1-6,9,18H,7,10,17H2. The quantitative estimate of drug-likeness (QED) is 0.822. The van der Waals surface area contributed by atoms with E-state index in [0.717, 1.165) is 11.1 Å². The van der Waals surface area contributed by atoms with Gasteiger partial charge >= 0.3 is 0 Å². The largest absolute Gasteiger partial charge is 0.457 e. The maximum absolute atomic E-state index is 8.96. The van der Waals surface area contributed by atoms with Gasteiger partial charge in [-0.2, -0.15) is 5.26 Å². The fraction of sp³-hybridized carbons (Fsp3) is 0.133. The number of ether oxygens (including phenoxy) is 1. The molecule has 0 saturated carbocycles. The van der Waals surface area contributed by atoms with Crippen molar-refractivity contribution in [2.24, 2.45) is 0 Å². The van der Waals surface area contributed by atoms with Gasteiger partial charge in [0.25, 0.3) is 0 Å². The van der Waals surface area contributed by atoms with E-state index in [1.807, 2.05) is 0 Å². The number of hydrogen-bond acceptors (Lipinski definition) is 4. The zero-order chi connectivity index (χ0) is 13.7. The van der Waals surface area contributed by atoms with Gasteiger partial charge in [0.15, 0.2) is 0 Å². The molecule has 0 amide bonds. The summed E-state index contributed by atoms with van der Waals surface area (Å²) in [5.74, 6) is 1.31. The topological polar surface area (TPSA) is 79.3 Å². The second-order valence-corrected chi connectivity index (χ2v) is 4.10. The molecule has 0 unspecified atom stereocenters. The lowest BCUT2D eigenvalue weighted by molar-refractivity contribution is 0.281. The van der Waals surface area contributed by atoms with E-state index < -0.39 is 0 Å². The Hall–Kier alpha value is -2.51. The van der Waals surface area contributed by atoms with Crippen LogP contribution in [0.2, 0.25) is 0 Å². The number of anilines is 1. The molecule has 0 aliphatic carbocycles. The highest BCUT2D eigenvalue weighted by Crippen LogP contribution is 2.25. The number of nitrogen functional groups attached to an aromatic ring is 1. The van der Waals surface area contributed by atoms with Crippen LogP contribution in [0.15, 0.2) is 42.5 Å². The van der Waals surface area contributed by atoms with Crippen LogP contribution in [0.4, 0.5) is 5.69 Å². The Labute approximate surface area is 111 Å². The van der Waals surface area contributed by atoms with Gasteiger partial charge in [0, 0.05) is 5.69 Å². The van der Waals surface area contributed by atoms with Crippen LogP contribution in [0, 0.1) is 11.3 Å². The molecule has 0 aromatic heterocycles. The molecule has 0 heterocycles. The van der Waals surface area contributed by atoms with Crippen LogP contribution in [0.3, 0.4) is 0 Å². The average molecular weight is 254 g/mol. The molecule has 0 saturated heterocycles. The van der Waals surface area contributed by atoms with Crippen molar-refractivity contribution in [2.75, 3.05) is 5.73 Å². The third-order valence-electron chi connectivity index (χ3n) is 2.73. The van der Waals surface area contributed by atoms with Gasteiger partial charge in [-0.25, -0.2) is 0 Å². The van der Waals surface area contributed by atoms with Gasteiger partial charge in [-0.3, -0.25) is 0 Å². The predicted octanol–water partition coefficient (Wildman–Crippen LogP) is 2.62. The molecular weight excluding hydrogens is 240 g/mol. The first-order valence-electron chi connectivity index (χ1n) is 5.86. The van der Waals surface area contributed by atoms with Crippen LogP contribution in [0.25, 0.3) is 0 Å². The maximum Gasteiger partial charge on any atom is 0.127 e. The van der Waals surface area contributed by atoms with Crippen molar-refractivity contribution in [2.45, 2.75) is 13.0 Å². The van der Waals surface area contributed by atoms with Crippen molar-refractivity contribution in [3.05, 3.63) is 53.6 Å². The first-order chi connectivity index (χ1) is 9.22.